The molecule has 0 atom stereocenters. The van der Waals surface area contributed by atoms with E-state index < -0.39 is 0 Å². The smallest absolute Gasteiger partial charge is 0.319 e. The number of halogens is 2. The molecule has 6 nitrogen and oxygen atoms in total. The molecule has 35 heavy (non-hydrogen) atoms. The van der Waals surface area contributed by atoms with E-state index in [9.17, 15) is 9.59 Å². The fourth-order valence-electron chi connectivity index (χ4n) is 3.53. The number of anilines is 1. The third kappa shape index (κ3) is 7.33. The summed E-state index contributed by atoms with van der Waals surface area (Å²) in [7, 11) is 7.72. The van der Waals surface area contributed by atoms with Gasteiger partial charge in [0.25, 0.3) is 5.56 Å². The van der Waals surface area contributed by atoms with Crippen LogP contribution in [0.5, 0.6) is 0 Å². The molecule has 184 valence electrons. The van der Waals surface area contributed by atoms with Crippen molar-refractivity contribution in [3.05, 3.63) is 99.9 Å². The lowest BCUT2D eigenvalue weighted by atomic mass is 9.96. The molecule has 1 heterocycles. The molecular weight excluding hydrogens is 483 g/mol. The number of pyridine rings is 1. The maximum Gasteiger partial charge on any atom is 0.319 e. The number of nitrogens with zero attached hydrogens (tertiary/aromatic N) is 2. The Balaban J connectivity index is 0.000000804. The van der Waals surface area contributed by atoms with E-state index in [-0.39, 0.29) is 30.5 Å². The molecule has 3 aromatic carbocycles. The number of hydrogen-bond acceptors (Lipinski definition) is 3. The normalized spacial score (nSPS) is 10.2. The largest absolute Gasteiger partial charge is 0.332 e. The van der Waals surface area contributed by atoms with E-state index >= 15 is 0 Å². The second kappa shape index (κ2) is 13.0. The molecule has 0 fully saturated rings. The van der Waals surface area contributed by atoms with Crippen molar-refractivity contribution < 1.29 is 4.79 Å². The molecule has 0 saturated carbocycles. The van der Waals surface area contributed by atoms with Gasteiger partial charge in [0.1, 0.15) is 0 Å². The summed E-state index contributed by atoms with van der Waals surface area (Å²) in [5.74, 6) is 0. The zero-order valence-corrected chi connectivity index (χ0v) is 21.8. The Morgan fingerprint density at radius 2 is 1.49 bits per heavy atom. The number of urea groups is 1. The van der Waals surface area contributed by atoms with Gasteiger partial charge in [-0.15, -0.1) is 12.4 Å². The monoisotopic (exact) mass is 512 g/mol. The molecule has 8 heteroatoms. The lowest BCUT2D eigenvalue weighted by Gasteiger charge is -2.18. The van der Waals surface area contributed by atoms with Gasteiger partial charge in [-0.25, -0.2) is 4.79 Å². The topological polar surface area (TPSA) is 66.4 Å². The summed E-state index contributed by atoms with van der Waals surface area (Å²) < 4.78 is 1.58. The van der Waals surface area contributed by atoms with E-state index in [1.165, 1.54) is 0 Å². The fraction of sp³-hybridized carbons (Fsp3) is 0.185. The van der Waals surface area contributed by atoms with Crippen LogP contribution in [-0.2, 0) is 13.6 Å². The lowest BCUT2D eigenvalue weighted by Crippen LogP contribution is -2.32. The Kier molecular flexibility index (Phi) is 10.3. The van der Waals surface area contributed by atoms with Gasteiger partial charge in [0.2, 0.25) is 0 Å². The van der Waals surface area contributed by atoms with Gasteiger partial charge >= 0.3 is 6.03 Å². The predicted octanol–water partition coefficient (Wildman–Crippen LogP) is 5.78. The van der Waals surface area contributed by atoms with Crippen LogP contribution in [0.15, 0.2) is 83.7 Å². The average Bonchev–Trinajstić information content (AvgIpc) is 2.81. The van der Waals surface area contributed by atoms with Gasteiger partial charge in [0, 0.05) is 34.4 Å². The third-order valence-electron chi connectivity index (χ3n) is 4.99. The van der Waals surface area contributed by atoms with Gasteiger partial charge in [0.05, 0.1) is 6.54 Å². The van der Waals surface area contributed by atoms with Crippen LogP contribution in [-0.4, -0.2) is 36.6 Å². The Morgan fingerprint density at radius 3 is 2.09 bits per heavy atom. The molecular formula is C27H30Cl2N4O2. The van der Waals surface area contributed by atoms with Gasteiger partial charge in [-0.2, -0.15) is 0 Å². The molecule has 0 saturated heterocycles. The average molecular weight is 513 g/mol. The van der Waals surface area contributed by atoms with Crippen molar-refractivity contribution >= 4 is 46.5 Å². The van der Waals surface area contributed by atoms with Crippen molar-refractivity contribution in [3.63, 3.8) is 0 Å². The summed E-state index contributed by atoms with van der Waals surface area (Å²) in [5, 5.41) is 7.55. The van der Waals surface area contributed by atoms with Crippen LogP contribution in [0.1, 0.15) is 5.69 Å². The zero-order chi connectivity index (χ0) is 24.7. The molecule has 2 amide bonds. The standard InChI is InChI=1S/C24H20ClN3O2.C3H9N.ClH/c1-28-21(15-26-24(30)27-18-10-6-3-7-11-18)22(16-8-4-2-5-9-16)20-14-17(25)12-13-19(20)23(28)29;1-4(2)3;/h2-14H,15H2,1H3,(H2,26,27,30);1-3H3;1H. The van der Waals surface area contributed by atoms with Crippen LogP contribution in [0.3, 0.4) is 0 Å². The first-order valence-electron chi connectivity index (χ1n) is 10.8. The molecule has 1 aromatic heterocycles. The molecule has 0 aliphatic heterocycles. The van der Waals surface area contributed by atoms with Gasteiger partial charge in [-0.3, -0.25) is 4.79 Å². The first-order valence-corrected chi connectivity index (χ1v) is 11.2. The van der Waals surface area contributed by atoms with E-state index in [2.05, 4.69) is 10.6 Å². The quantitative estimate of drug-likeness (QED) is 0.364. The molecule has 0 aliphatic carbocycles. The Labute approximate surface area is 216 Å². The first-order chi connectivity index (χ1) is 16.3. The van der Waals surface area contributed by atoms with Crippen LogP contribution in [0.25, 0.3) is 21.9 Å². The van der Waals surface area contributed by atoms with Crippen molar-refractivity contribution in [1.29, 1.82) is 0 Å². The molecule has 0 spiro atoms. The highest BCUT2D eigenvalue weighted by molar-refractivity contribution is 6.31. The van der Waals surface area contributed by atoms with Crippen LogP contribution in [0, 0.1) is 0 Å². The van der Waals surface area contributed by atoms with E-state index in [1.54, 1.807) is 29.8 Å². The summed E-state index contributed by atoms with van der Waals surface area (Å²) in [4.78, 5) is 27.4. The second-order valence-electron chi connectivity index (χ2n) is 8.26. The first kappa shape index (κ1) is 27.9. The highest BCUT2D eigenvalue weighted by Crippen LogP contribution is 2.32. The minimum atomic E-state index is -0.348. The van der Waals surface area contributed by atoms with Crippen LogP contribution in [0.4, 0.5) is 10.5 Å². The minimum Gasteiger partial charge on any atom is -0.332 e. The number of nitrogens with one attached hydrogen (secondary N) is 2. The van der Waals surface area contributed by atoms with Crippen molar-refractivity contribution in [2.75, 3.05) is 26.5 Å². The maximum atomic E-state index is 13.0. The van der Waals surface area contributed by atoms with E-state index in [0.717, 1.165) is 16.5 Å². The second-order valence-corrected chi connectivity index (χ2v) is 8.69. The molecule has 2 N–H and O–H groups in total. The molecule has 0 bridgehead atoms. The van der Waals surface area contributed by atoms with Crippen LogP contribution < -0.4 is 16.2 Å². The summed E-state index contributed by atoms with van der Waals surface area (Å²) >= 11 is 6.25. The number of carbonyl (C=O) groups is 1. The molecule has 0 unspecified atom stereocenters. The Morgan fingerprint density at radius 1 is 0.914 bits per heavy atom. The SMILES string of the molecule is CN(C)C.Cl.Cn1c(CNC(=O)Nc2ccccc2)c(-c2ccccc2)c2cc(Cl)ccc2c1=O. The third-order valence-corrected chi connectivity index (χ3v) is 5.23. The Hall–Kier alpha value is -3.32. The summed E-state index contributed by atoms with van der Waals surface area (Å²) in [5.41, 5.74) is 3.07. The maximum absolute atomic E-state index is 13.0. The molecule has 4 rings (SSSR count). The fourth-order valence-corrected chi connectivity index (χ4v) is 3.70. The minimum absolute atomic E-state index is 0. The summed E-state index contributed by atoms with van der Waals surface area (Å²) in [6, 6.07) is 23.9. The van der Waals surface area contributed by atoms with Crippen molar-refractivity contribution in [1.82, 2.24) is 14.8 Å². The number of benzene rings is 3. The van der Waals surface area contributed by atoms with Crippen LogP contribution in [0.2, 0.25) is 5.02 Å². The van der Waals surface area contributed by atoms with E-state index in [0.29, 0.717) is 21.8 Å². The number of amides is 2. The van der Waals surface area contributed by atoms with E-state index in [4.69, 9.17) is 11.6 Å². The van der Waals surface area contributed by atoms with Crippen molar-refractivity contribution in [2.24, 2.45) is 7.05 Å². The Bertz CT molecular complexity index is 1320. The number of fused-ring (bicyclic) bond motifs is 1. The number of aromatic nitrogens is 1. The zero-order valence-electron chi connectivity index (χ0n) is 20.2. The van der Waals surface area contributed by atoms with Crippen molar-refractivity contribution in [3.8, 4) is 11.1 Å². The highest BCUT2D eigenvalue weighted by atomic mass is 35.5. The highest BCUT2D eigenvalue weighted by Gasteiger charge is 2.17. The van der Waals surface area contributed by atoms with Gasteiger partial charge in [-0.05, 0) is 62.4 Å². The summed E-state index contributed by atoms with van der Waals surface area (Å²) in [6.07, 6.45) is 0. The van der Waals surface area contributed by atoms with E-state index in [1.807, 2.05) is 86.7 Å². The summed E-state index contributed by atoms with van der Waals surface area (Å²) in [6.45, 7) is 0.178. The molecule has 0 aliphatic rings. The predicted molar refractivity (Wildman–Crippen MR) is 149 cm³/mol. The number of para-hydroxylation sites is 1. The van der Waals surface area contributed by atoms with Crippen LogP contribution >= 0.6 is 24.0 Å². The number of rotatable bonds is 4. The lowest BCUT2D eigenvalue weighted by molar-refractivity contribution is 0.251. The number of hydrogen-bond donors (Lipinski definition) is 2. The van der Waals surface area contributed by atoms with Gasteiger partial charge in [-0.1, -0.05) is 60.1 Å². The van der Waals surface area contributed by atoms with Gasteiger partial charge in [0.15, 0.2) is 0 Å². The van der Waals surface area contributed by atoms with Gasteiger partial charge < -0.3 is 20.1 Å². The number of carbonyl (C=O) groups excluding carboxylic acids is 1. The molecule has 4 aromatic rings. The molecule has 0 radical (unpaired) electrons. The van der Waals surface area contributed by atoms with Crippen molar-refractivity contribution in [2.45, 2.75) is 6.54 Å².